The van der Waals surface area contributed by atoms with E-state index in [4.69, 9.17) is 23.7 Å². The van der Waals surface area contributed by atoms with E-state index in [-0.39, 0.29) is 12.5 Å². The number of nitrogens with one attached hydrogen (secondary N) is 1. The Kier molecular flexibility index (Phi) is 12.8. The molecule has 1 fully saturated rings. The maximum atomic E-state index is 13.0. The van der Waals surface area contributed by atoms with Crippen LogP contribution in [0.5, 0.6) is 0 Å². The SMILES string of the molecule is C=CCCCOC1[C@H](OCc2ccccc2)C(OCc2ccccc2)C(OC)O[C@@H]1CNC(=O)c1cccc(I)c1. The van der Waals surface area contributed by atoms with Crippen molar-refractivity contribution in [3.63, 3.8) is 0 Å². The number of hydrogen-bond donors (Lipinski definition) is 1. The maximum absolute atomic E-state index is 13.0. The van der Waals surface area contributed by atoms with Crippen molar-refractivity contribution in [3.8, 4) is 0 Å². The molecule has 3 aromatic carbocycles. The highest BCUT2D eigenvalue weighted by Crippen LogP contribution is 2.30. The fraction of sp³-hybridized carbons (Fsp3) is 0.364. The molecule has 41 heavy (non-hydrogen) atoms. The molecule has 3 unspecified atom stereocenters. The van der Waals surface area contributed by atoms with Crippen molar-refractivity contribution in [3.05, 3.63) is 118 Å². The van der Waals surface area contributed by atoms with Crippen LogP contribution in [-0.4, -0.2) is 56.9 Å². The Hall–Kier alpha value is -2.60. The second-order valence-corrected chi connectivity index (χ2v) is 11.0. The molecule has 1 N–H and O–H groups in total. The zero-order chi connectivity index (χ0) is 28.9. The summed E-state index contributed by atoms with van der Waals surface area (Å²) in [5.74, 6) is -0.185. The Morgan fingerprint density at radius 3 is 2.17 bits per heavy atom. The van der Waals surface area contributed by atoms with E-state index in [1.807, 2.05) is 84.9 Å². The number of benzene rings is 3. The summed E-state index contributed by atoms with van der Waals surface area (Å²) in [6, 6.07) is 27.4. The number of halogens is 1. The number of rotatable bonds is 15. The molecule has 218 valence electrons. The van der Waals surface area contributed by atoms with Crippen LogP contribution in [-0.2, 0) is 36.9 Å². The zero-order valence-electron chi connectivity index (χ0n) is 23.3. The zero-order valence-corrected chi connectivity index (χ0v) is 25.5. The number of methoxy groups -OCH3 is 1. The van der Waals surface area contributed by atoms with Gasteiger partial charge in [-0.2, -0.15) is 0 Å². The van der Waals surface area contributed by atoms with Gasteiger partial charge in [-0.15, -0.1) is 6.58 Å². The van der Waals surface area contributed by atoms with Gasteiger partial charge in [0.1, 0.15) is 24.4 Å². The van der Waals surface area contributed by atoms with E-state index in [0.717, 1.165) is 27.5 Å². The van der Waals surface area contributed by atoms with Gasteiger partial charge in [0.05, 0.1) is 13.2 Å². The van der Waals surface area contributed by atoms with Gasteiger partial charge in [0, 0.05) is 29.4 Å². The average molecular weight is 672 g/mol. The molecule has 5 atom stereocenters. The van der Waals surface area contributed by atoms with Crippen molar-refractivity contribution in [2.24, 2.45) is 0 Å². The summed E-state index contributed by atoms with van der Waals surface area (Å²) in [7, 11) is 1.59. The van der Waals surface area contributed by atoms with E-state index in [1.54, 1.807) is 13.2 Å². The van der Waals surface area contributed by atoms with Gasteiger partial charge >= 0.3 is 0 Å². The first-order valence-corrected chi connectivity index (χ1v) is 14.9. The third-order valence-corrected chi connectivity index (χ3v) is 7.48. The molecule has 1 aliphatic rings. The number of hydrogen-bond acceptors (Lipinski definition) is 6. The number of amides is 1. The minimum atomic E-state index is -0.730. The Balaban J connectivity index is 1.57. The third kappa shape index (κ3) is 9.46. The largest absolute Gasteiger partial charge is 0.373 e. The number of carbonyl (C=O) groups is 1. The number of allylic oxidation sites excluding steroid dienone is 1. The van der Waals surface area contributed by atoms with Crippen LogP contribution in [0.25, 0.3) is 0 Å². The van der Waals surface area contributed by atoms with Crippen LogP contribution < -0.4 is 5.32 Å². The Labute approximate surface area is 256 Å². The highest BCUT2D eigenvalue weighted by molar-refractivity contribution is 14.1. The van der Waals surface area contributed by atoms with E-state index in [2.05, 4.69) is 34.5 Å². The summed E-state index contributed by atoms with van der Waals surface area (Å²) >= 11 is 2.20. The summed E-state index contributed by atoms with van der Waals surface area (Å²) in [6.45, 7) is 5.24. The van der Waals surface area contributed by atoms with Gasteiger partial charge in [-0.25, -0.2) is 0 Å². The van der Waals surface area contributed by atoms with Gasteiger partial charge in [0.25, 0.3) is 5.91 Å². The summed E-state index contributed by atoms with van der Waals surface area (Å²) in [5.41, 5.74) is 2.64. The lowest BCUT2D eigenvalue weighted by Crippen LogP contribution is -2.62. The molecule has 0 aliphatic carbocycles. The van der Waals surface area contributed by atoms with Crippen molar-refractivity contribution in [2.45, 2.75) is 56.8 Å². The first-order valence-electron chi connectivity index (χ1n) is 13.8. The Morgan fingerprint density at radius 2 is 1.56 bits per heavy atom. The summed E-state index contributed by atoms with van der Waals surface area (Å²) < 4.78 is 32.6. The molecule has 0 saturated carbocycles. The van der Waals surface area contributed by atoms with E-state index < -0.39 is 30.7 Å². The van der Waals surface area contributed by atoms with E-state index in [1.165, 1.54) is 0 Å². The van der Waals surface area contributed by atoms with E-state index in [0.29, 0.717) is 25.4 Å². The topological polar surface area (TPSA) is 75.2 Å². The summed E-state index contributed by atoms with van der Waals surface area (Å²) in [4.78, 5) is 13.0. The lowest BCUT2D eigenvalue weighted by Gasteiger charge is -2.45. The van der Waals surface area contributed by atoms with Crippen LogP contribution in [0, 0.1) is 3.57 Å². The van der Waals surface area contributed by atoms with Crippen LogP contribution in [0.2, 0.25) is 0 Å². The normalized spacial score (nSPS) is 22.2. The van der Waals surface area contributed by atoms with Crippen LogP contribution in [0.4, 0.5) is 0 Å². The predicted molar refractivity (Wildman–Crippen MR) is 166 cm³/mol. The average Bonchev–Trinajstić information content (AvgIpc) is 3.01. The number of ether oxygens (including phenoxy) is 5. The molecule has 7 nitrogen and oxygen atoms in total. The molecule has 1 aliphatic heterocycles. The van der Waals surface area contributed by atoms with Crippen LogP contribution >= 0.6 is 22.6 Å². The first-order chi connectivity index (χ1) is 20.1. The van der Waals surface area contributed by atoms with Gasteiger partial charge in [-0.05, 0) is 64.8 Å². The van der Waals surface area contributed by atoms with Gasteiger partial charge in [0.2, 0.25) is 0 Å². The molecule has 1 heterocycles. The lowest BCUT2D eigenvalue weighted by atomic mass is 9.97. The van der Waals surface area contributed by atoms with Crippen LogP contribution in [0.3, 0.4) is 0 Å². The van der Waals surface area contributed by atoms with Crippen LogP contribution in [0.1, 0.15) is 34.3 Å². The van der Waals surface area contributed by atoms with Crippen molar-refractivity contribution in [2.75, 3.05) is 20.3 Å². The number of unbranched alkanes of at least 4 members (excludes halogenated alkanes) is 1. The molecule has 0 bridgehead atoms. The van der Waals surface area contributed by atoms with E-state index in [9.17, 15) is 4.79 Å². The van der Waals surface area contributed by atoms with Crippen LogP contribution in [0.15, 0.2) is 97.6 Å². The first kappa shape index (κ1) is 31.3. The summed E-state index contributed by atoms with van der Waals surface area (Å²) in [5, 5.41) is 3.02. The smallest absolute Gasteiger partial charge is 0.251 e. The quantitative estimate of drug-likeness (QED) is 0.123. The Morgan fingerprint density at radius 1 is 0.902 bits per heavy atom. The molecular weight excluding hydrogens is 633 g/mol. The predicted octanol–water partition coefficient (Wildman–Crippen LogP) is 5.91. The second-order valence-electron chi connectivity index (χ2n) is 9.79. The maximum Gasteiger partial charge on any atom is 0.251 e. The molecule has 0 radical (unpaired) electrons. The highest BCUT2D eigenvalue weighted by atomic mass is 127. The lowest BCUT2D eigenvalue weighted by molar-refractivity contribution is -0.315. The molecule has 0 spiro atoms. The molecule has 3 aromatic rings. The van der Waals surface area contributed by atoms with Crippen molar-refractivity contribution in [1.82, 2.24) is 5.32 Å². The standard InChI is InChI=1S/C33H38INO6/c1-3-4-11-19-38-29-28(21-35-32(36)26-17-12-18-27(34)20-26)41-33(37-2)31(40-23-25-15-9-6-10-16-25)30(29)39-22-24-13-7-5-8-14-24/h3,5-10,12-18,20,28-31,33H,1,4,11,19,21-23H2,2H3,(H,35,36)/t28-,29?,30+,31?,33?/m1/s1. The molecule has 1 saturated heterocycles. The molecular formula is C33H38INO6. The van der Waals surface area contributed by atoms with Crippen molar-refractivity contribution < 1.29 is 28.5 Å². The van der Waals surface area contributed by atoms with E-state index >= 15 is 0 Å². The van der Waals surface area contributed by atoms with Crippen molar-refractivity contribution >= 4 is 28.5 Å². The van der Waals surface area contributed by atoms with Gasteiger partial charge < -0.3 is 29.0 Å². The van der Waals surface area contributed by atoms with Gasteiger partial charge in [-0.1, -0.05) is 72.8 Å². The highest BCUT2D eigenvalue weighted by Gasteiger charge is 2.48. The van der Waals surface area contributed by atoms with Crippen molar-refractivity contribution in [1.29, 1.82) is 0 Å². The monoisotopic (exact) mass is 671 g/mol. The molecule has 4 rings (SSSR count). The fourth-order valence-corrected chi connectivity index (χ4v) is 5.25. The van der Waals surface area contributed by atoms with Gasteiger partial charge in [-0.3, -0.25) is 4.79 Å². The van der Waals surface area contributed by atoms with Gasteiger partial charge in [0.15, 0.2) is 6.29 Å². The molecule has 8 heteroatoms. The Bertz CT molecular complexity index is 1210. The molecule has 0 aromatic heterocycles. The second kappa shape index (κ2) is 16.7. The minimum absolute atomic E-state index is 0.185. The number of carbonyl (C=O) groups excluding carboxylic acids is 1. The summed E-state index contributed by atoms with van der Waals surface area (Å²) in [6.07, 6.45) is 0.612. The third-order valence-electron chi connectivity index (χ3n) is 6.81. The fourth-order valence-electron chi connectivity index (χ4n) is 4.71. The molecule has 1 amide bonds. The minimum Gasteiger partial charge on any atom is -0.373 e.